The number of carbonyl (C=O) groups excluding carboxylic acids is 15. The van der Waals surface area contributed by atoms with Gasteiger partial charge in [-0.05, 0) is 88.3 Å². The Morgan fingerprint density at radius 1 is 0.621 bits per heavy atom. The smallest absolute Gasteiger partial charge is 0.309 e. The van der Waals surface area contributed by atoms with Crippen molar-refractivity contribution in [1.82, 2.24) is 42.1 Å². The number of hydrogen-bond donors (Lipinski definition) is 13. The zero-order chi connectivity index (χ0) is 75.6. The van der Waals surface area contributed by atoms with Crippen LogP contribution >= 0.6 is 64.8 Å². The van der Waals surface area contributed by atoms with Crippen LogP contribution < -0.4 is 48.7 Å². The lowest BCUT2D eigenvalue weighted by Gasteiger charge is -2.30. The molecule has 31 nitrogen and oxygen atoms in total. The highest BCUT2D eigenvalue weighted by atomic mass is 33.1. The fourth-order valence-corrected chi connectivity index (χ4v) is 18.7. The largest absolute Gasteiger partial charge is 0.508 e. The Balaban J connectivity index is 1.56. The lowest BCUT2D eigenvalue weighted by Crippen LogP contribution is -2.60. The van der Waals surface area contributed by atoms with Gasteiger partial charge in [-0.15, -0.1) is 0 Å². The predicted octanol–water partition coefficient (Wildman–Crippen LogP) is 0.135. The minimum Gasteiger partial charge on any atom is -0.508 e. The number of nitrogens with zero attached hydrogens (tertiary/aromatic N) is 1. The first-order valence-electron chi connectivity index (χ1n) is 33.4. The Labute approximate surface area is 617 Å². The van der Waals surface area contributed by atoms with E-state index in [1.54, 1.807) is 6.92 Å². The number of benzene rings is 2. The molecular formula is C66H88N10O21S6. The number of carboxylic acid groups (broad SMARTS) is 1. The van der Waals surface area contributed by atoms with Crippen LogP contribution in [-0.2, 0) is 94.3 Å². The summed E-state index contributed by atoms with van der Waals surface area (Å²) in [6.45, 7) is 3.86. The van der Waals surface area contributed by atoms with Gasteiger partial charge in [-0.3, -0.25) is 76.7 Å². The molecule has 37 heteroatoms. The summed E-state index contributed by atoms with van der Waals surface area (Å²) in [4.78, 5) is 230. The molecule has 0 radical (unpaired) electrons. The fourth-order valence-electron chi connectivity index (χ4n) is 11.4. The molecule has 0 saturated carbocycles. The van der Waals surface area contributed by atoms with Crippen LogP contribution in [-0.4, -0.2) is 227 Å². The Morgan fingerprint density at radius 3 is 1.78 bits per heavy atom. The topological polar surface area (TPSA) is 503 Å². The van der Waals surface area contributed by atoms with Gasteiger partial charge in [-0.25, -0.2) is 0 Å². The number of hydrogen-bond acceptors (Lipinski definition) is 27. The molecule has 4 heterocycles. The van der Waals surface area contributed by atoms with E-state index in [2.05, 4.69) is 37.2 Å². The van der Waals surface area contributed by atoms with Crippen molar-refractivity contribution in [2.24, 2.45) is 35.1 Å². The second-order valence-corrected chi connectivity index (χ2v) is 33.0. The highest BCUT2D eigenvalue weighted by Crippen LogP contribution is 2.32. The van der Waals surface area contributed by atoms with Gasteiger partial charge in [-0.2, -0.15) is 0 Å². The Morgan fingerprint density at radius 2 is 1.17 bits per heavy atom. The Kier molecular flexibility index (Phi) is 34.4. The van der Waals surface area contributed by atoms with Crippen LogP contribution in [0.25, 0.3) is 0 Å². The summed E-state index contributed by atoms with van der Waals surface area (Å²) in [7, 11) is 5.40. The number of Topliss-reactive ketones (excluding diaryl/α,β-unsaturated/α-hetero) is 5. The fraction of sp³-hybridized carbons (Fsp3) is 0.576. The minimum atomic E-state index is -1.81. The number of amides is 9. The number of carbonyl (C=O) groups is 16. The van der Waals surface area contributed by atoms with E-state index in [0.717, 1.165) is 69.7 Å². The van der Waals surface area contributed by atoms with Crippen molar-refractivity contribution in [1.29, 1.82) is 0 Å². The highest BCUT2D eigenvalue weighted by Gasteiger charge is 2.42. The lowest BCUT2D eigenvalue weighted by molar-refractivity contribution is -0.149. The number of aromatic hydroxyl groups is 2. The maximum absolute atomic E-state index is 15.2. The maximum atomic E-state index is 15.2. The van der Waals surface area contributed by atoms with Crippen molar-refractivity contribution in [2.75, 3.05) is 47.7 Å². The van der Waals surface area contributed by atoms with E-state index in [9.17, 15) is 87.5 Å². The monoisotopic (exact) mass is 1550 g/mol. The third-order valence-electron chi connectivity index (χ3n) is 17.3. The summed E-state index contributed by atoms with van der Waals surface area (Å²) in [5, 5.41) is 59.4. The molecule has 564 valence electrons. The number of primary amides is 1. The number of ketones is 5. The quantitative estimate of drug-likeness (QED) is 0.0833. The number of phenolic OH excluding ortho intramolecular Hbond substituents is 2. The van der Waals surface area contributed by atoms with E-state index in [1.165, 1.54) is 62.4 Å². The molecule has 4 bridgehead atoms. The third kappa shape index (κ3) is 27.2. The van der Waals surface area contributed by atoms with Crippen LogP contribution in [0.3, 0.4) is 0 Å². The molecule has 0 aliphatic carbocycles. The van der Waals surface area contributed by atoms with Crippen molar-refractivity contribution < 1.29 is 102 Å². The standard InChI is InChI=1S/C66H88N10O21S6/c1-4-97-66(96)38(21-36-9-13-42(79)14-10-36)23-54(84)46-30-101-103-31-47-63(93)74-48-32-102-100-29-43(67)52(82)25-40(60(90)71-44(15-18-57(87)88)53(83)22-37(59(89)73-47)20-35-7-11-41(78)12-8-35)28-99-98-27-39(61(91)75-58(34(3)77)50(80)16-17-56(86)70-46)24-51(81)33(2)69-64(94)49-6-5-19-76(49)65(95)45(26-55(68)85)72-62(48)92/h7-14,33-34,37-40,43-49,58,77-79H,4-6,15-32,67H2,1-3H3,(H2,68,85)(H,69,94)(H,70,86)(H,71,90)(H,72,92)(H,73,89)(H,74,93)(H,75,91)(H,87,88)/t33?,34-,37+,38+,39?,40-,43?,44?,45-,46?,47?,48?,49?,58?/m0/s1. The molecule has 15 N–H and O–H groups in total. The molecule has 4 aliphatic rings. The average Bonchev–Trinajstić information content (AvgIpc) is 1.75. The SMILES string of the molecule is CCOC(=O)[C@@H](CC(=O)C1CSSCC2NC(=O)[C@H](Cc3ccc(O)cc3)CC(=O)C(CCC(=O)O)NC(=O)[C@@H]3CSSCC(CC(=O)C(C)NC(=O)C4CCCN4C(=O)[C@H](CC(N)=O)NC(=O)C(CSSCC(N)C(=O)C3)NC2=O)C(=O)NC([C@H](C)O)C(=O)CCC(=O)N1)Cc1ccc(O)cc1. The van der Waals surface area contributed by atoms with Crippen molar-refractivity contribution in [3.8, 4) is 11.5 Å². The van der Waals surface area contributed by atoms with Crippen molar-refractivity contribution in [3.63, 3.8) is 0 Å². The minimum absolute atomic E-state index is 0.0343. The third-order valence-corrected chi connectivity index (χ3v) is 24.7. The van der Waals surface area contributed by atoms with Gasteiger partial charge in [-0.1, -0.05) is 89.0 Å². The summed E-state index contributed by atoms with van der Waals surface area (Å²) in [6.07, 6.45) is -7.74. The van der Waals surface area contributed by atoms with E-state index in [0.29, 0.717) is 11.1 Å². The first-order chi connectivity index (χ1) is 48.9. The number of aliphatic hydroxyl groups excluding tert-OH is 1. The molecule has 103 heavy (non-hydrogen) atoms. The maximum Gasteiger partial charge on any atom is 0.309 e. The molecule has 2 aromatic carbocycles. The van der Waals surface area contributed by atoms with E-state index in [4.69, 9.17) is 16.2 Å². The number of aliphatic hydroxyl groups is 1. The van der Waals surface area contributed by atoms with E-state index >= 15 is 9.59 Å². The first-order valence-corrected chi connectivity index (χ1v) is 40.8. The molecule has 6 rings (SSSR count). The predicted molar refractivity (Wildman–Crippen MR) is 386 cm³/mol. The molecular weight excluding hydrogens is 1460 g/mol. The van der Waals surface area contributed by atoms with Crippen molar-refractivity contribution >= 4 is 159 Å². The van der Waals surface area contributed by atoms with Crippen molar-refractivity contribution in [2.45, 2.75) is 165 Å². The van der Waals surface area contributed by atoms with Gasteiger partial charge in [0.15, 0.2) is 28.9 Å². The van der Waals surface area contributed by atoms with E-state index in [-0.39, 0.29) is 73.3 Å². The number of ether oxygens (including phenoxy) is 1. The summed E-state index contributed by atoms with van der Waals surface area (Å²) < 4.78 is 5.35. The van der Waals surface area contributed by atoms with Gasteiger partial charge in [0, 0.05) is 91.9 Å². The molecule has 9 unspecified atom stereocenters. The Hall–Kier alpha value is -7.42. The second kappa shape index (κ2) is 41.9. The summed E-state index contributed by atoms with van der Waals surface area (Å²) >= 11 is 0. The lowest BCUT2D eigenvalue weighted by atomic mass is 9.89. The molecule has 14 atom stereocenters. The van der Waals surface area contributed by atoms with Gasteiger partial charge < -0.3 is 78.7 Å². The zero-order valence-corrected chi connectivity index (χ0v) is 61.7. The van der Waals surface area contributed by atoms with E-state index in [1.807, 2.05) is 0 Å². The second-order valence-electron chi connectivity index (χ2n) is 25.4. The molecule has 0 aromatic heterocycles. The molecule has 9 amide bonds. The van der Waals surface area contributed by atoms with Gasteiger partial charge in [0.2, 0.25) is 53.2 Å². The normalized spacial score (nSPS) is 27.4. The van der Waals surface area contributed by atoms with Crippen LogP contribution in [0.1, 0.15) is 103 Å². The summed E-state index contributed by atoms with van der Waals surface area (Å²) in [5.41, 5.74) is 13.1. The average molecular weight is 1550 g/mol. The van der Waals surface area contributed by atoms with Crippen LogP contribution in [0.4, 0.5) is 0 Å². The van der Waals surface area contributed by atoms with Crippen LogP contribution in [0.2, 0.25) is 0 Å². The molecule has 4 aliphatic heterocycles. The highest BCUT2D eigenvalue weighted by molar-refractivity contribution is 8.77. The van der Waals surface area contributed by atoms with Gasteiger partial charge in [0.05, 0.1) is 61.1 Å². The first kappa shape index (κ1) is 84.5. The molecule has 0 spiro atoms. The Bertz CT molecular complexity index is 3430. The van der Waals surface area contributed by atoms with Crippen LogP contribution in [0.15, 0.2) is 48.5 Å². The molecule has 4 fully saturated rings. The van der Waals surface area contributed by atoms with Gasteiger partial charge in [0.1, 0.15) is 41.7 Å². The molecule has 4 saturated heterocycles. The zero-order valence-electron chi connectivity index (χ0n) is 56.8. The number of esters is 1. The van der Waals surface area contributed by atoms with E-state index < -0.39 is 247 Å². The number of carboxylic acids is 1. The number of phenols is 2. The van der Waals surface area contributed by atoms with Crippen LogP contribution in [0.5, 0.6) is 11.5 Å². The van der Waals surface area contributed by atoms with Gasteiger partial charge >= 0.3 is 11.9 Å². The molecule has 2 aromatic rings. The number of rotatable bonds is 15. The van der Waals surface area contributed by atoms with Crippen molar-refractivity contribution in [3.05, 3.63) is 59.7 Å². The van der Waals surface area contributed by atoms with Gasteiger partial charge in [0.25, 0.3) is 0 Å². The number of fused-ring (bicyclic) bond motifs is 20. The number of nitrogens with one attached hydrogen (secondary N) is 7. The summed E-state index contributed by atoms with van der Waals surface area (Å²) in [6, 6.07) is -2.92. The van der Waals surface area contributed by atoms with Crippen LogP contribution in [0, 0.1) is 23.7 Å². The number of aliphatic carboxylic acids is 1. The number of nitrogens with two attached hydrogens (primary N) is 2. The summed E-state index contributed by atoms with van der Waals surface area (Å²) in [5.74, 6) is -22.8.